The Kier molecular flexibility index (Phi) is 4.81. The molecular weight excluding hydrogens is 349 g/mol. The molecule has 1 aromatic carbocycles. The van der Waals surface area contributed by atoms with Crippen LogP contribution < -0.4 is 11.1 Å². The van der Waals surface area contributed by atoms with E-state index < -0.39 is 12.1 Å². The lowest BCUT2D eigenvalue weighted by molar-refractivity contribution is -0.182. The summed E-state index contributed by atoms with van der Waals surface area (Å²) in [7, 11) is 0. The monoisotopic (exact) mass is 364 g/mol. The molecule has 116 valence electrons. The Labute approximate surface area is 129 Å². The van der Waals surface area contributed by atoms with Crippen LogP contribution in [0, 0.1) is 5.92 Å². The van der Waals surface area contributed by atoms with Crippen LogP contribution in [0.3, 0.4) is 0 Å². The van der Waals surface area contributed by atoms with Crippen molar-refractivity contribution in [3.8, 4) is 0 Å². The zero-order valence-corrected chi connectivity index (χ0v) is 12.8. The molecule has 0 aliphatic heterocycles. The minimum absolute atomic E-state index is 0.0620. The molecule has 0 atom stereocenters. The largest absolute Gasteiger partial charge is 0.399 e. The summed E-state index contributed by atoms with van der Waals surface area (Å²) in [5, 5.41) is 2.78. The fourth-order valence-electron chi connectivity index (χ4n) is 2.55. The fourth-order valence-corrected chi connectivity index (χ4v) is 2.97. The molecule has 2 rings (SSSR count). The average molecular weight is 365 g/mol. The number of nitrogen functional groups attached to an aromatic ring is 1. The molecule has 1 aromatic rings. The second-order valence-corrected chi connectivity index (χ2v) is 6.16. The molecule has 1 aliphatic carbocycles. The number of carbonyl (C=O) groups excluding carboxylic acids is 1. The van der Waals surface area contributed by atoms with Crippen molar-refractivity contribution in [1.29, 1.82) is 0 Å². The van der Waals surface area contributed by atoms with E-state index in [0.29, 0.717) is 28.6 Å². The first-order chi connectivity index (χ1) is 9.77. The molecule has 1 fully saturated rings. The maximum Gasteiger partial charge on any atom is 0.391 e. The van der Waals surface area contributed by atoms with Crippen molar-refractivity contribution in [3.05, 3.63) is 28.2 Å². The number of nitrogens with one attached hydrogen (secondary N) is 1. The molecule has 0 spiro atoms. The molecule has 3 nitrogen and oxygen atoms in total. The zero-order chi connectivity index (χ0) is 15.6. The predicted molar refractivity (Wildman–Crippen MR) is 77.8 cm³/mol. The molecule has 0 unspecified atom stereocenters. The molecule has 7 heteroatoms. The van der Waals surface area contributed by atoms with Gasteiger partial charge >= 0.3 is 6.18 Å². The van der Waals surface area contributed by atoms with Crippen molar-refractivity contribution < 1.29 is 18.0 Å². The number of halogens is 4. The highest BCUT2D eigenvalue weighted by Crippen LogP contribution is 2.37. The molecule has 1 aliphatic rings. The lowest BCUT2D eigenvalue weighted by Crippen LogP contribution is -2.40. The van der Waals surface area contributed by atoms with Crippen LogP contribution in [0.5, 0.6) is 0 Å². The van der Waals surface area contributed by atoms with Crippen molar-refractivity contribution in [2.45, 2.75) is 37.9 Å². The number of hydrogen-bond acceptors (Lipinski definition) is 2. The van der Waals surface area contributed by atoms with Crippen LogP contribution in [0.15, 0.2) is 22.7 Å². The first-order valence-electron chi connectivity index (χ1n) is 6.70. The molecule has 1 amide bonds. The van der Waals surface area contributed by atoms with Crippen LogP contribution in [0.25, 0.3) is 0 Å². The SMILES string of the molecule is Nc1ccc(Br)c(C(=O)NC2CCC(C(F)(F)F)CC2)c1. The highest BCUT2D eigenvalue weighted by Gasteiger charge is 2.41. The van der Waals surface area contributed by atoms with Gasteiger partial charge in [-0.1, -0.05) is 0 Å². The molecule has 3 N–H and O–H groups in total. The number of carbonyl (C=O) groups is 1. The van der Waals surface area contributed by atoms with E-state index in [1.54, 1.807) is 18.2 Å². The van der Waals surface area contributed by atoms with E-state index in [-0.39, 0.29) is 24.8 Å². The summed E-state index contributed by atoms with van der Waals surface area (Å²) in [5.41, 5.74) is 6.50. The van der Waals surface area contributed by atoms with E-state index in [1.165, 1.54) is 0 Å². The number of alkyl halides is 3. The van der Waals surface area contributed by atoms with Gasteiger partial charge in [0.2, 0.25) is 0 Å². The van der Waals surface area contributed by atoms with Crippen molar-refractivity contribution in [1.82, 2.24) is 5.32 Å². The fraction of sp³-hybridized carbons (Fsp3) is 0.500. The van der Waals surface area contributed by atoms with E-state index >= 15 is 0 Å². The maximum atomic E-state index is 12.6. The molecule has 0 aromatic heterocycles. The summed E-state index contributed by atoms with van der Waals surface area (Å²) in [4.78, 5) is 12.1. The van der Waals surface area contributed by atoms with Gasteiger partial charge < -0.3 is 11.1 Å². The molecule has 21 heavy (non-hydrogen) atoms. The lowest BCUT2D eigenvalue weighted by atomic mass is 9.85. The van der Waals surface area contributed by atoms with E-state index in [2.05, 4.69) is 21.2 Å². The van der Waals surface area contributed by atoms with E-state index in [1.807, 2.05) is 0 Å². The van der Waals surface area contributed by atoms with Gasteiger partial charge in [-0.3, -0.25) is 4.79 Å². The minimum atomic E-state index is -4.13. The molecule has 0 bridgehead atoms. The van der Waals surface area contributed by atoms with Gasteiger partial charge in [0.15, 0.2) is 0 Å². The summed E-state index contributed by atoms with van der Waals surface area (Å²) in [6.45, 7) is 0. The average Bonchev–Trinajstić information content (AvgIpc) is 2.41. The van der Waals surface area contributed by atoms with Gasteiger partial charge in [0.1, 0.15) is 0 Å². The third-order valence-electron chi connectivity index (χ3n) is 3.76. The predicted octanol–water partition coefficient (Wildman–Crippen LogP) is 3.88. The van der Waals surface area contributed by atoms with Gasteiger partial charge in [-0.25, -0.2) is 0 Å². The topological polar surface area (TPSA) is 55.1 Å². The molecule has 1 saturated carbocycles. The summed E-state index contributed by atoms with van der Waals surface area (Å²) in [6.07, 6.45) is -3.32. The Balaban J connectivity index is 1.94. The Bertz CT molecular complexity index is 525. The number of amides is 1. The molecule has 0 saturated heterocycles. The maximum absolute atomic E-state index is 12.6. The number of rotatable bonds is 2. The third-order valence-corrected chi connectivity index (χ3v) is 4.45. The highest BCUT2D eigenvalue weighted by molar-refractivity contribution is 9.10. The third kappa shape index (κ3) is 4.12. The first kappa shape index (κ1) is 16.1. The van der Waals surface area contributed by atoms with Gasteiger partial charge in [0, 0.05) is 16.2 Å². The van der Waals surface area contributed by atoms with Crippen LogP contribution in [-0.4, -0.2) is 18.1 Å². The molecule has 0 radical (unpaired) electrons. The smallest absolute Gasteiger partial charge is 0.391 e. The summed E-state index contributed by atoms with van der Waals surface area (Å²) >= 11 is 3.27. The van der Waals surface area contributed by atoms with Crippen molar-refractivity contribution >= 4 is 27.5 Å². The van der Waals surface area contributed by atoms with Gasteiger partial charge in [0.25, 0.3) is 5.91 Å². The van der Waals surface area contributed by atoms with Crippen molar-refractivity contribution in [3.63, 3.8) is 0 Å². The van der Waals surface area contributed by atoms with Crippen molar-refractivity contribution in [2.24, 2.45) is 5.92 Å². The zero-order valence-electron chi connectivity index (χ0n) is 11.2. The molecule has 0 heterocycles. The number of nitrogens with two attached hydrogens (primary N) is 1. The quantitative estimate of drug-likeness (QED) is 0.782. The number of benzene rings is 1. The summed E-state index contributed by atoms with van der Waals surface area (Å²) in [6, 6.07) is 4.66. The van der Waals surface area contributed by atoms with Gasteiger partial charge in [-0.2, -0.15) is 13.2 Å². The standard InChI is InChI=1S/C14H16BrF3N2O/c15-12-6-3-9(19)7-11(12)13(21)20-10-4-1-8(2-5-10)14(16,17)18/h3,6-8,10H,1-2,4-5,19H2,(H,20,21). The van der Waals surface area contributed by atoms with E-state index in [0.717, 1.165) is 0 Å². The number of hydrogen-bond donors (Lipinski definition) is 2. The van der Waals surface area contributed by atoms with E-state index in [9.17, 15) is 18.0 Å². The molecular formula is C14H16BrF3N2O. The van der Waals surface area contributed by atoms with Gasteiger partial charge in [-0.05, 0) is 59.8 Å². The normalized spacial score (nSPS) is 22.9. The van der Waals surface area contributed by atoms with Crippen LogP contribution in [0.2, 0.25) is 0 Å². The first-order valence-corrected chi connectivity index (χ1v) is 7.49. The minimum Gasteiger partial charge on any atom is -0.399 e. The van der Waals surface area contributed by atoms with Crippen molar-refractivity contribution in [2.75, 3.05) is 5.73 Å². The van der Waals surface area contributed by atoms with Crippen LogP contribution >= 0.6 is 15.9 Å². The van der Waals surface area contributed by atoms with E-state index in [4.69, 9.17) is 5.73 Å². The van der Waals surface area contributed by atoms with Gasteiger partial charge in [0.05, 0.1) is 11.5 Å². The van der Waals surface area contributed by atoms with Crippen LogP contribution in [0.1, 0.15) is 36.0 Å². The van der Waals surface area contributed by atoms with Crippen LogP contribution in [-0.2, 0) is 0 Å². The Morgan fingerprint density at radius 1 is 1.24 bits per heavy atom. The number of anilines is 1. The summed E-state index contributed by atoms with van der Waals surface area (Å²) < 4.78 is 38.4. The van der Waals surface area contributed by atoms with Gasteiger partial charge in [-0.15, -0.1) is 0 Å². The second kappa shape index (κ2) is 6.25. The lowest BCUT2D eigenvalue weighted by Gasteiger charge is -2.30. The summed E-state index contributed by atoms with van der Waals surface area (Å²) in [5.74, 6) is -1.56. The highest BCUT2D eigenvalue weighted by atomic mass is 79.9. The van der Waals surface area contributed by atoms with Crippen LogP contribution in [0.4, 0.5) is 18.9 Å². The Hall–Kier alpha value is -1.24. The second-order valence-electron chi connectivity index (χ2n) is 5.30. The Morgan fingerprint density at radius 3 is 2.43 bits per heavy atom. The Morgan fingerprint density at radius 2 is 1.86 bits per heavy atom.